The van der Waals surface area contributed by atoms with Crippen LogP contribution in [0.5, 0.6) is 0 Å². The number of aryl methyl sites for hydroxylation is 1. The molecule has 0 bridgehead atoms. The molecule has 0 saturated carbocycles. The molecule has 21 heavy (non-hydrogen) atoms. The minimum Gasteiger partial charge on any atom is -0.399 e. The second-order valence-electron chi connectivity index (χ2n) is 4.76. The van der Waals surface area contributed by atoms with Gasteiger partial charge in [0.1, 0.15) is 0 Å². The standard InChI is InChI=1S/C17H20N2OS/c18-15-6-4-5-14(13-15)9-10-17(20)19-11-12-21-16-7-2-1-3-8-16/h1-8,13H,9-12,18H2,(H,19,20). The van der Waals surface area contributed by atoms with Gasteiger partial charge in [-0.3, -0.25) is 4.79 Å². The topological polar surface area (TPSA) is 55.1 Å². The molecule has 0 aliphatic carbocycles. The van der Waals surface area contributed by atoms with Gasteiger partial charge < -0.3 is 11.1 Å². The van der Waals surface area contributed by atoms with Crippen molar-refractivity contribution in [3.8, 4) is 0 Å². The summed E-state index contributed by atoms with van der Waals surface area (Å²) < 4.78 is 0. The zero-order chi connectivity index (χ0) is 14.9. The smallest absolute Gasteiger partial charge is 0.220 e. The molecule has 0 aromatic heterocycles. The first-order valence-corrected chi connectivity index (χ1v) is 8.01. The fourth-order valence-corrected chi connectivity index (χ4v) is 2.76. The second-order valence-corrected chi connectivity index (χ2v) is 5.92. The molecule has 0 aliphatic rings. The van der Waals surface area contributed by atoms with Gasteiger partial charge in [0.25, 0.3) is 0 Å². The average Bonchev–Trinajstić information content (AvgIpc) is 2.51. The molecule has 2 rings (SSSR count). The van der Waals surface area contributed by atoms with Crippen molar-refractivity contribution in [2.75, 3.05) is 18.0 Å². The molecule has 2 aromatic rings. The number of rotatable bonds is 7. The molecule has 110 valence electrons. The Morgan fingerprint density at radius 2 is 1.90 bits per heavy atom. The van der Waals surface area contributed by atoms with Crippen molar-refractivity contribution in [2.45, 2.75) is 17.7 Å². The van der Waals surface area contributed by atoms with Crippen LogP contribution in [-0.2, 0) is 11.2 Å². The highest BCUT2D eigenvalue weighted by Gasteiger charge is 2.02. The first-order chi connectivity index (χ1) is 10.2. The maximum atomic E-state index is 11.8. The molecule has 0 aliphatic heterocycles. The molecule has 0 fully saturated rings. The molecule has 0 atom stereocenters. The Bertz CT molecular complexity index is 572. The second kappa shape index (κ2) is 8.37. The minimum atomic E-state index is 0.0890. The van der Waals surface area contributed by atoms with E-state index < -0.39 is 0 Å². The van der Waals surface area contributed by atoms with E-state index in [1.807, 2.05) is 42.5 Å². The van der Waals surface area contributed by atoms with Gasteiger partial charge in [-0.1, -0.05) is 30.3 Å². The Kier molecular flexibility index (Phi) is 6.16. The molecule has 0 spiro atoms. The predicted molar refractivity (Wildman–Crippen MR) is 89.4 cm³/mol. The Morgan fingerprint density at radius 3 is 2.67 bits per heavy atom. The van der Waals surface area contributed by atoms with E-state index >= 15 is 0 Å². The lowest BCUT2D eigenvalue weighted by molar-refractivity contribution is -0.120. The number of carbonyl (C=O) groups is 1. The van der Waals surface area contributed by atoms with Crippen LogP contribution in [0.3, 0.4) is 0 Å². The normalized spacial score (nSPS) is 10.3. The quantitative estimate of drug-likeness (QED) is 0.469. The van der Waals surface area contributed by atoms with Crippen molar-refractivity contribution in [1.29, 1.82) is 0 Å². The molecule has 0 saturated heterocycles. The lowest BCUT2D eigenvalue weighted by Gasteiger charge is -2.06. The van der Waals surface area contributed by atoms with Crippen molar-refractivity contribution in [2.24, 2.45) is 0 Å². The Balaban J connectivity index is 1.62. The molecular weight excluding hydrogens is 280 g/mol. The lowest BCUT2D eigenvalue weighted by atomic mass is 10.1. The molecule has 4 heteroatoms. The summed E-state index contributed by atoms with van der Waals surface area (Å²) in [7, 11) is 0. The van der Waals surface area contributed by atoms with Crippen LogP contribution in [0.15, 0.2) is 59.5 Å². The predicted octanol–water partition coefficient (Wildman–Crippen LogP) is 3.11. The molecule has 3 nitrogen and oxygen atoms in total. The van der Waals surface area contributed by atoms with Gasteiger partial charge in [0, 0.05) is 29.3 Å². The van der Waals surface area contributed by atoms with Gasteiger partial charge in [-0.25, -0.2) is 0 Å². The third kappa shape index (κ3) is 5.92. The van der Waals surface area contributed by atoms with Crippen molar-refractivity contribution in [1.82, 2.24) is 5.32 Å². The van der Waals surface area contributed by atoms with Crippen LogP contribution in [0.1, 0.15) is 12.0 Å². The number of anilines is 1. The van der Waals surface area contributed by atoms with E-state index in [-0.39, 0.29) is 5.91 Å². The number of amides is 1. The van der Waals surface area contributed by atoms with Crippen LogP contribution >= 0.6 is 11.8 Å². The van der Waals surface area contributed by atoms with Crippen LogP contribution in [-0.4, -0.2) is 18.2 Å². The van der Waals surface area contributed by atoms with E-state index in [2.05, 4.69) is 17.4 Å². The van der Waals surface area contributed by atoms with E-state index in [1.165, 1.54) is 4.90 Å². The average molecular weight is 300 g/mol. The first kappa shape index (κ1) is 15.4. The number of carbonyl (C=O) groups excluding carboxylic acids is 1. The van der Waals surface area contributed by atoms with Gasteiger partial charge in [0.05, 0.1) is 0 Å². The van der Waals surface area contributed by atoms with Crippen molar-refractivity contribution in [3.63, 3.8) is 0 Å². The first-order valence-electron chi connectivity index (χ1n) is 7.03. The minimum absolute atomic E-state index is 0.0890. The van der Waals surface area contributed by atoms with E-state index in [9.17, 15) is 4.79 Å². The zero-order valence-corrected chi connectivity index (χ0v) is 12.7. The highest BCUT2D eigenvalue weighted by molar-refractivity contribution is 7.99. The van der Waals surface area contributed by atoms with Crippen LogP contribution in [0.2, 0.25) is 0 Å². The van der Waals surface area contributed by atoms with Gasteiger partial charge in [-0.2, -0.15) is 0 Å². The van der Waals surface area contributed by atoms with Crippen LogP contribution < -0.4 is 11.1 Å². The highest BCUT2D eigenvalue weighted by atomic mass is 32.2. The molecule has 0 unspecified atom stereocenters. The van der Waals surface area contributed by atoms with E-state index in [1.54, 1.807) is 11.8 Å². The summed E-state index contributed by atoms with van der Waals surface area (Å²) in [5.74, 6) is 0.972. The summed E-state index contributed by atoms with van der Waals surface area (Å²) in [5, 5.41) is 2.95. The molecule has 0 heterocycles. The van der Waals surface area contributed by atoms with E-state index in [0.717, 1.165) is 23.4 Å². The summed E-state index contributed by atoms with van der Waals surface area (Å²) >= 11 is 1.75. The molecule has 1 amide bonds. The Labute approximate surface area is 129 Å². The summed E-state index contributed by atoms with van der Waals surface area (Å²) in [4.78, 5) is 13.0. The van der Waals surface area contributed by atoms with Gasteiger partial charge >= 0.3 is 0 Å². The Hall–Kier alpha value is -1.94. The fourth-order valence-electron chi connectivity index (χ4n) is 1.97. The molecular formula is C17H20N2OS. The molecule has 2 aromatic carbocycles. The number of nitrogen functional groups attached to an aromatic ring is 1. The molecule has 3 N–H and O–H groups in total. The molecule has 0 radical (unpaired) electrons. The number of benzene rings is 2. The van der Waals surface area contributed by atoms with E-state index in [4.69, 9.17) is 5.73 Å². The number of thioether (sulfide) groups is 1. The Morgan fingerprint density at radius 1 is 1.10 bits per heavy atom. The monoisotopic (exact) mass is 300 g/mol. The summed E-state index contributed by atoms with van der Waals surface area (Å²) in [6, 6.07) is 17.9. The fraction of sp³-hybridized carbons (Fsp3) is 0.235. The maximum absolute atomic E-state index is 11.8. The van der Waals surface area contributed by atoms with E-state index in [0.29, 0.717) is 13.0 Å². The SMILES string of the molecule is Nc1cccc(CCC(=O)NCCSc2ccccc2)c1. The lowest BCUT2D eigenvalue weighted by Crippen LogP contribution is -2.25. The summed E-state index contributed by atoms with van der Waals surface area (Å²) in [6.45, 7) is 0.690. The van der Waals surface area contributed by atoms with Crippen molar-refractivity contribution in [3.05, 3.63) is 60.2 Å². The largest absolute Gasteiger partial charge is 0.399 e. The van der Waals surface area contributed by atoms with Gasteiger partial charge in [0.15, 0.2) is 0 Å². The number of nitrogens with one attached hydrogen (secondary N) is 1. The highest BCUT2D eigenvalue weighted by Crippen LogP contribution is 2.15. The third-order valence-corrected chi connectivity index (χ3v) is 4.04. The number of hydrogen-bond donors (Lipinski definition) is 2. The van der Waals surface area contributed by atoms with Crippen LogP contribution in [0.25, 0.3) is 0 Å². The van der Waals surface area contributed by atoms with Crippen molar-refractivity contribution < 1.29 is 4.79 Å². The number of hydrogen-bond acceptors (Lipinski definition) is 3. The van der Waals surface area contributed by atoms with Crippen LogP contribution in [0.4, 0.5) is 5.69 Å². The van der Waals surface area contributed by atoms with Gasteiger partial charge in [-0.15, -0.1) is 11.8 Å². The maximum Gasteiger partial charge on any atom is 0.220 e. The summed E-state index contributed by atoms with van der Waals surface area (Å²) in [5.41, 5.74) is 7.56. The zero-order valence-electron chi connectivity index (χ0n) is 11.9. The number of nitrogens with two attached hydrogens (primary N) is 1. The van der Waals surface area contributed by atoms with Gasteiger partial charge in [0.2, 0.25) is 5.91 Å². The summed E-state index contributed by atoms with van der Waals surface area (Å²) in [6.07, 6.45) is 1.22. The van der Waals surface area contributed by atoms with Gasteiger partial charge in [-0.05, 0) is 36.2 Å². The third-order valence-electron chi connectivity index (χ3n) is 3.03. The van der Waals surface area contributed by atoms with Crippen molar-refractivity contribution >= 4 is 23.4 Å². The van der Waals surface area contributed by atoms with Crippen LogP contribution in [0, 0.1) is 0 Å².